The highest BCUT2D eigenvalue weighted by Crippen LogP contribution is 2.23. The zero-order valence-corrected chi connectivity index (χ0v) is 14.7. The zero-order chi connectivity index (χ0) is 17.1. The normalized spacial score (nSPS) is 17.1. The standard InChI is InChI=1S/C17H22ClN5O/c1-12-13(10-20-22(12)2)9-19-17(24)21-15-6-7-23(11-15)16-5-3-4-14(18)8-16/h3-5,8,10,15H,6-7,9,11H2,1-2H3,(H2,19,21,24)/t15-/m1/s1. The van der Waals surface area contributed by atoms with Crippen LogP contribution in [-0.2, 0) is 13.6 Å². The van der Waals surface area contributed by atoms with E-state index in [4.69, 9.17) is 11.6 Å². The Morgan fingerprint density at radius 3 is 3.00 bits per heavy atom. The number of anilines is 1. The number of aromatic nitrogens is 2. The van der Waals surface area contributed by atoms with Gasteiger partial charge in [-0.1, -0.05) is 17.7 Å². The van der Waals surface area contributed by atoms with Crippen LogP contribution in [0.3, 0.4) is 0 Å². The van der Waals surface area contributed by atoms with Gasteiger partial charge in [0.25, 0.3) is 0 Å². The minimum absolute atomic E-state index is 0.138. The van der Waals surface area contributed by atoms with Gasteiger partial charge < -0.3 is 15.5 Å². The van der Waals surface area contributed by atoms with Gasteiger partial charge in [-0.25, -0.2) is 4.79 Å². The predicted octanol–water partition coefficient (Wildman–Crippen LogP) is 2.46. The lowest BCUT2D eigenvalue weighted by Gasteiger charge is -2.19. The van der Waals surface area contributed by atoms with E-state index in [0.717, 1.165) is 41.5 Å². The molecule has 24 heavy (non-hydrogen) atoms. The maximum Gasteiger partial charge on any atom is 0.315 e. The summed E-state index contributed by atoms with van der Waals surface area (Å²) in [4.78, 5) is 14.3. The van der Waals surface area contributed by atoms with E-state index in [0.29, 0.717) is 6.54 Å². The van der Waals surface area contributed by atoms with Crippen LogP contribution in [0, 0.1) is 6.92 Å². The monoisotopic (exact) mass is 347 g/mol. The molecule has 0 saturated carbocycles. The number of carbonyl (C=O) groups excluding carboxylic acids is 1. The molecule has 1 atom stereocenters. The summed E-state index contributed by atoms with van der Waals surface area (Å²) in [5, 5.41) is 10.8. The molecule has 2 heterocycles. The van der Waals surface area contributed by atoms with Crippen LogP contribution in [0.2, 0.25) is 5.02 Å². The van der Waals surface area contributed by atoms with Gasteiger partial charge in [-0.2, -0.15) is 5.10 Å². The van der Waals surface area contributed by atoms with E-state index in [1.54, 1.807) is 10.9 Å². The summed E-state index contributed by atoms with van der Waals surface area (Å²) in [7, 11) is 1.89. The van der Waals surface area contributed by atoms with Crippen LogP contribution in [-0.4, -0.2) is 34.9 Å². The van der Waals surface area contributed by atoms with Crippen molar-refractivity contribution in [1.29, 1.82) is 0 Å². The van der Waals surface area contributed by atoms with Gasteiger partial charge in [0.15, 0.2) is 0 Å². The van der Waals surface area contributed by atoms with Crippen LogP contribution in [0.15, 0.2) is 30.5 Å². The number of halogens is 1. The van der Waals surface area contributed by atoms with Crippen molar-refractivity contribution < 1.29 is 4.79 Å². The van der Waals surface area contributed by atoms with E-state index in [9.17, 15) is 4.79 Å². The third-order valence-electron chi connectivity index (χ3n) is 4.47. The molecule has 2 amide bonds. The smallest absolute Gasteiger partial charge is 0.315 e. The molecule has 2 N–H and O–H groups in total. The average molecular weight is 348 g/mol. The minimum Gasteiger partial charge on any atom is -0.369 e. The second kappa shape index (κ2) is 7.13. The van der Waals surface area contributed by atoms with Crippen LogP contribution in [0.1, 0.15) is 17.7 Å². The van der Waals surface area contributed by atoms with Crippen LogP contribution in [0.4, 0.5) is 10.5 Å². The van der Waals surface area contributed by atoms with Crippen molar-refractivity contribution in [2.45, 2.75) is 25.9 Å². The first-order valence-corrected chi connectivity index (χ1v) is 8.43. The molecule has 1 fully saturated rings. The van der Waals surface area contributed by atoms with Gasteiger partial charge in [0.1, 0.15) is 0 Å². The van der Waals surface area contributed by atoms with Crippen molar-refractivity contribution in [3.63, 3.8) is 0 Å². The van der Waals surface area contributed by atoms with E-state index >= 15 is 0 Å². The Balaban J connectivity index is 1.48. The third kappa shape index (κ3) is 3.82. The Morgan fingerprint density at radius 1 is 1.46 bits per heavy atom. The van der Waals surface area contributed by atoms with Crippen molar-refractivity contribution >= 4 is 23.3 Å². The van der Waals surface area contributed by atoms with Crippen molar-refractivity contribution in [1.82, 2.24) is 20.4 Å². The number of nitrogens with zero attached hydrogens (tertiary/aromatic N) is 3. The molecule has 6 nitrogen and oxygen atoms in total. The highest BCUT2D eigenvalue weighted by Gasteiger charge is 2.24. The lowest BCUT2D eigenvalue weighted by molar-refractivity contribution is 0.237. The second-order valence-electron chi connectivity index (χ2n) is 6.12. The molecular formula is C17H22ClN5O. The van der Waals surface area contributed by atoms with Gasteiger partial charge in [0.2, 0.25) is 0 Å². The summed E-state index contributed by atoms with van der Waals surface area (Å²) in [6.45, 7) is 4.17. The summed E-state index contributed by atoms with van der Waals surface area (Å²) in [6, 6.07) is 7.80. The summed E-state index contributed by atoms with van der Waals surface area (Å²) in [5.74, 6) is 0. The third-order valence-corrected chi connectivity index (χ3v) is 4.71. The molecule has 0 unspecified atom stereocenters. The van der Waals surface area contributed by atoms with Gasteiger partial charge in [-0.3, -0.25) is 4.68 Å². The minimum atomic E-state index is -0.142. The number of carbonyl (C=O) groups is 1. The molecule has 1 aromatic heterocycles. The van der Waals surface area contributed by atoms with Crippen molar-refractivity contribution in [3.05, 3.63) is 46.7 Å². The van der Waals surface area contributed by atoms with Crippen molar-refractivity contribution in [3.8, 4) is 0 Å². The molecule has 1 aliphatic heterocycles. The molecule has 0 aliphatic carbocycles. The lowest BCUT2D eigenvalue weighted by Crippen LogP contribution is -2.43. The molecule has 2 aromatic rings. The largest absolute Gasteiger partial charge is 0.369 e. The van der Waals surface area contributed by atoms with Gasteiger partial charge >= 0.3 is 6.03 Å². The maximum atomic E-state index is 12.1. The SMILES string of the molecule is Cc1c(CNC(=O)N[C@@H]2CCN(c3cccc(Cl)c3)C2)cnn1C. The average Bonchev–Trinajstić information content (AvgIpc) is 3.14. The van der Waals surface area contributed by atoms with Gasteiger partial charge in [0, 0.05) is 54.7 Å². The lowest BCUT2D eigenvalue weighted by atomic mass is 10.2. The first-order chi connectivity index (χ1) is 11.5. The van der Waals surface area contributed by atoms with Crippen LogP contribution in [0.25, 0.3) is 0 Å². The molecule has 7 heteroatoms. The molecular weight excluding hydrogens is 326 g/mol. The summed E-state index contributed by atoms with van der Waals surface area (Å²) in [5.41, 5.74) is 3.18. The number of benzene rings is 1. The highest BCUT2D eigenvalue weighted by atomic mass is 35.5. The summed E-state index contributed by atoms with van der Waals surface area (Å²) < 4.78 is 1.80. The molecule has 128 valence electrons. The Labute approximate surface area is 146 Å². The fourth-order valence-electron chi connectivity index (χ4n) is 2.92. The number of rotatable bonds is 4. The van der Waals surface area contributed by atoms with E-state index < -0.39 is 0 Å². The van der Waals surface area contributed by atoms with Crippen molar-refractivity contribution in [2.24, 2.45) is 7.05 Å². The molecule has 1 aromatic carbocycles. The quantitative estimate of drug-likeness (QED) is 0.893. The fourth-order valence-corrected chi connectivity index (χ4v) is 3.10. The van der Waals surface area contributed by atoms with Gasteiger partial charge in [-0.15, -0.1) is 0 Å². The fraction of sp³-hybridized carbons (Fsp3) is 0.412. The molecule has 1 saturated heterocycles. The van der Waals surface area contributed by atoms with Crippen LogP contribution in [0.5, 0.6) is 0 Å². The van der Waals surface area contributed by atoms with Gasteiger partial charge in [-0.05, 0) is 31.5 Å². The number of aryl methyl sites for hydroxylation is 1. The molecule has 0 bridgehead atoms. The Hall–Kier alpha value is -2.21. The first kappa shape index (κ1) is 16.6. The number of nitrogens with one attached hydrogen (secondary N) is 2. The van der Waals surface area contributed by atoms with Crippen molar-refractivity contribution in [2.75, 3.05) is 18.0 Å². The molecule has 1 aliphatic rings. The highest BCUT2D eigenvalue weighted by molar-refractivity contribution is 6.30. The Kier molecular flexibility index (Phi) is 4.94. The number of amides is 2. The molecule has 0 spiro atoms. The Morgan fingerprint density at radius 2 is 2.29 bits per heavy atom. The van der Waals surface area contributed by atoms with E-state index in [2.05, 4.69) is 20.6 Å². The summed E-state index contributed by atoms with van der Waals surface area (Å²) >= 11 is 6.04. The molecule has 3 rings (SSSR count). The van der Waals surface area contributed by atoms with Crippen LogP contribution < -0.4 is 15.5 Å². The van der Waals surface area contributed by atoms with E-state index in [1.165, 1.54) is 0 Å². The number of hydrogen-bond acceptors (Lipinski definition) is 3. The maximum absolute atomic E-state index is 12.1. The number of urea groups is 1. The first-order valence-electron chi connectivity index (χ1n) is 8.05. The number of hydrogen-bond donors (Lipinski definition) is 2. The Bertz CT molecular complexity index is 730. The zero-order valence-electron chi connectivity index (χ0n) is 13.9. The molecule has 0 radical (unpaired) electrons. The summed E-state index contributed by atoms with van der Waals surface area (Å²) in [6.07, 6.45) is 2.71. The van der Waals surface area contributed by atoms with E-state index in [-0.39, 0.29) is 12.1 Å². The topological polar surface area (TPSA) is 62.2 Å². The van der Waals surface area contributed by atoms with Gasteiger partial charge in [0.05, 0.1) is 6.20 Å². The van der Waals surface area contributed by atoms with Crippen LogP contribution >= 0.6 is 11.6 Å². The van der Waals surface area contributed by atoms with E-state index in [1.807, 2.05) is 38.2 Å². The predicted molar refractivity (Wildman–Crippen MR) is 95.4 cm³/mol. The second-order valence-corrected chi connectivity index (χ2v) is 6.55.